The van der Waals surface area contributed by atoms with E-state index >= 15 is 0 Å². The minimum Gasteiger partial charge on any atom is -0.393 e. The Morgan fingerprint density at radius 1 is 1.57 bits per heavy atom. The van der Waals surface area contributed by atoms with E-state index in [0.29, 0.717) is 5.92 Å². The lowest BCUT2D eigenvalue weighted by Gasteiger charge is -2.25. The van der Waals surface area contributed by atoms with E-state index in [-0.39, 0.29) is 6.10 Å². The average Bonchev–Trinajstić information content (AvgIpc) is 2.52. The quantitative estimate of drug-likeness (QED) is 0.763. The maximum atomic E-state index is 9.53. The van der Waals surface area contributed by atoms with Crippen LogP contribution in [-0.2, 0) is 13.5 Å². The Morgan fingerprint density at radius 2 is 2.43 bits per heavy atom. The van der Waals surface area contributed by atoms with Crippen LogP contribution in [0.15, 0.2) is 6.33 Å². The van der Waals surface area contributed by atoms with Crippen LogP contribution in [0.2, 0.25) is 0 Å². The maximum absolute atomic E-state index is 9.53. The number of nitrogens with zero attached hydrogens (tertiary/aromatic N) is 3. The molecule has 0 radical (unpaired) electrons. The molecule has 1 heterocycles. The standard InChI is InChI=1S/C10H17N3O/c1-13-10(11-7-12-13)6-8-3-2-4-9(14)5-8/h7-9,14H,2-6H2,1H3. The first-order valence-corrected chi connectivity index (χ1v) is 5.26. The van der Waals surface area contributed by atoms with Crippen LogP contribution in [0.3, 0.4) is 0 Å². The van der Waals surface area contributed by atoms with Gasteiger partial charge in [0.15, 0.2) is 0 Å². The molecule has 1 saturated carbocycles. The summed E-state index contributed by atoms with van der Waals surface area (Å²) in [5, 5.41) is 13.6. The average molecular weight is 195 g/mol. The number of hydrogen-bond acceptors (Lipinski definition) is 3. The number of aryl methyl sites for hydroxylation is 1. The number of rotatable bonds is 2. The van der Waals surface area contributed by atoms with E-state index in [1.54, 1.807) is 6.33 Å². The first kappa shape index (κ1) is 9.65. The topological polar surface area (TPSA) is 50.9 Å². The lowest BCUT2D eigenvalue weighted by molar-refractivity contribution is 0.100. The Balaban J connectivity index is 1.94. The van der Waals surface area contributed by atoms with Gasteiger partial charge >= 0.3 is 0 Å². The summed E-state index contributed by atoms with van der Waals surface area (Å²) in [4.78, 5) is 4.21. The molecule has 0 bridgehead atoms. The second-order valence-electron chi connectivity index (χ2n) is 4.19. The molecule has 1 aliphatic rings. The summed E-state index contributed by atoms with van der Waals surface area (Å²) < 4.78 is 1.82. The number of aliphatic hydroxyl groups excluding tert-OH is 1. The second-order valence-corrected chi connectivity index (χ2v) is 4.19. The van der Waals surface area contributed by atoms with Gasteiger partial charge in [-0.2, -0.15) is 5.10 Å². The van der Waals surface area contributed by atoms with Gasteiger partial charge in [-0.3, -0.25) is 4.68 Å². The highest BCUT2D eigenvalue weighted by atomic mass is 16.3. The van der Waals surface area contributed by atoms with E-state index in [4.69, 9.17) is 0 Å². The molecule has 4 heteroatoms. The molecular weight excluding hydrogens is 178 g/mol. The first-order valence-electron chi connectivity index (χ1n) is 5.26. The van der Waals surface area contributed by atoms with Crippen LogP contribution in [0, 0.1) is 5.92 Å². The van der Waals surface area contributed by atoms with Crippen LogP contribution in [0.1, 0.15) is 31.5 Å². The van der Waals surface area contributed by atoms with Crippen LogP contribution < -0.4 is 0 Å². The Bertz CT molecular complexity index is 297. The van der Waals surface area contributed by atoms with Gasteiger partial charge in [-0.25, -0.2) is 4.98 Å². The molecule has 0 amide bonds. The number of aromatic nitrogens is 3. The zero-order chi connectivity index (χ0) is 9.97. The summed E-state index contributed by atoms with van der Waals surface area (Å²) in [6, 6.07) is 0. The fourth-order valence-corrected chi connectivity index (χ4v) is 2.21. The molecule has 1 aromatic rings. The Hall–Kier alpha value is -0.900. The number of hydrogen-bond donors (Lipinski definition) is 1. The molecule has 1 aromatic heterocycles. The van der Waals surface area contributed by atoms with E-state index in [0.717, 1.165) is 31.5 Å². The molecule has 1 fully saturated rings. The normalized spacial score (nSPS) is 27.9. The highest BCUT2D eigenvalue weighted by Gasteiger charge is 2.21. The predicted molar refractivity (Wildman–Crippen MR) is 52.7 cm³/mol. The first-order chi connectivity index (χ1) is 6.75. The van der Waals surface area contributed by atoms with Gasteiger partial charge in [-0.15, -0.1) is 0 Å². The molecule has 0 aromatic carbocycles. The molecular formula is C10H17N3O. The largest absolute Gasteiger partial charge is 0.393 e. The molecule has 1 aliphatic carbocycles. The zero-order valence-corrected chi connectivity index (χ0v) is 8.56. The molecule has 2 atom stereocenters. The minimum absolute atomic E-state index is 0.0954. The van der Waals surface area contributed by atoms with Crippen molar-refractivity contribution >= 4 is 0 Å². The number of aliphatic hydroxyl groups is 1. The Labute approximate surface area is 84.0 Å². The molecule has 78 valence electrons. The third-order valence-electron chi connectivity index (χ3n) is 3.03. The summed E-state index contributed by atoms with van der Waals surface area (Å²) >= 11 is 0. The summed E-state index contributed by atoms with van der Waals surface area (Å²) in [6.07, 6.45) is 6.69. The summed E-state index contributed by atoms with van der Waals surface area (Å²) in [7, 11) is 1.92. The smallest absolute Gasteiger partial charge is 0.138 e. The van der Waals surface area contributed by atoms with Crippen molar-refractivity contribution in [2.75, 3.05) is 0 Å². The zero-order valence-electron chi connectivity index (χ0n) is 8.56. The molecule has 0 spiro atoms. The van der Waals surface area contributed by atoms with Crippen molar-refractivity contribution in [1.29, 1.82) is 0 Å². The SMILES string of the molecule is Cn1ncnc1CC1CCCC(O)C1. The summed E-state index contributed by atoms with van der Waals surface area (Å²) in [6.45, 7) is 0. The molecule has 0 saturated heterocycles. The monoisotopic (exact) mass is 195 g/mol. The maximum Gasteiger partial charge on any atom is 0.138 e. The van der Waals surface area contributed by atoms with Gasteiger partial charge in [0.1, 0.15) is 12.2 Å². The highest BCUT2D eigenvalue weighted by molar-refractivity contribution is 4.88. The van der Waals surface area contributed by atoms with Gasteiger partial charge in [-0.1, -0.05) is 6.42 Å². The second kappa shape index (κ2) is 4.09. The molecule has 0 aliphatic heterocycles. The van der Waals surface area contributed by atoms with Gasteiger partial charge in [0.2, 0.25) is 0 Å². The van der Waals surface area contributed by atoms with Gasteiger partial charge in [0.05, 0.1) is 6.10 Å². The Morgan fingerprint density at radius 3 is 3.07 bits per heavy atom. The Kier molecular flexibility index (Phi) is 2.82. The lowest BCUT2D eigenvalue weighted by Crippen LogP contribution is -2.22. The van der Waals surface area contributed by atoms with Crippen molar-refractivity contribution in [2.45, 2.75) is 38.2 Å². The van der Waals surface area contributed by atoms with Gasteiger partial charge in [0, 0.05) is 13.5 Å². The van der Waals surface area contributed by atoms with Crippen molar-refractivity contribution in [1.82, 2.24) is 14.8 Å². The highest BCUT2D eigenvalue weighted by Crippen LogP contribution is 2.26. The summed E-state index contributed by atoms with van der Waals surface area (Å²) in [5.41, 5.74) is 0. The van der Waals surface area contributed by atoms with Gasteiger partial charge in [0.25, 0.3) is 0 Å². The van der Waals surface area contributed by atoms with E-state index < -0.39 is 0 Å². The van der Waals surface area contributed by atoms with Crippen LogP contribution >= 0.6 is 0 Å². The van der Waals surface area contributed by atoms with Crippen molar-refractivity contribution < 1.29 is 5.11 Å². The molecule has 2 unspecified atom stereocenters. The van der Waals surface area contributed by atoms with E-state index in [1.807, 2.05) is 11.7 Å². The van der Waals surface area contributed by atoms with Crippen LogP contribution in [0.5, 0.6) is 0 Å². The van der Waals surface area contributed by atoms with E-state index in [1.165, 1.54) is 6.42 Å². The molecule has 1 N–H and O–H groups in total. The van der Waals surface area contributed by atoms with Gasteiger partial charge in [-0.05, 0) is 25.2 Å². The van der Waals surface area contributed by atoms with Crippen molar-refractivity contribution in [3.8, 4) is 0 Å². The van der Waals surface area contributed by atoms with Crippen molar-refractivity contribution in [3.63, 3.8) is 0 Å². The third-order valence-corrected chi connectivity index (χ3v) is 3.03. The van der Waals surface area contributed by atoms with Crippen LogP contribution in [0.4, 0.5) is 0 Å². The van der Waals surface area contributed by atoms with Crippen LogP contribution in [0.25, 0.3) is 0 Å². The van der Waals surface area contributed by atoms with Crippen molar-refractivity contribution in [2.24, 2.45) is 13.0 Å². The van der Waals surface area contributed by atoms with Crippen molar-refractivity contribution in [3.05, 3.63) is 12.2 Å². The van der Waals surface area contributed by atoms with E-state index in [9.17, 15) is 5.11 Å². The predicted octanol–water partition coefficient (Wildman–Crippen LogP) is 0.909. The fourth-order valence-electron chi connectivity index (χ4n) is 2.21. The minimum atomic E-state index is -0.0954. The van der Waals surface area contributed by atoms with Crippen LogP contribution in [-0.4, -0.2) is 26.0 Å². The lowest BCUT2D eigenvalue weighted by atomic mass is 9.85. The summed E-state index contributed by atoms with van der Waals surface area (Å²) in [5.74, 6) is 1.62. The molecule has 4 nitrogen and oxygen atoms in total. The fraction of sp³-hybridized carbons (Fsp3) is 0.800. The molecule has 14 heavy (non-hydrogen) atoms. The molecule has 2 rings (SSSR count). The third kappa shape index (κ3) is 2.12. The van der Waals surface area contributed by atoms with E-state index in [2.05, 4.69) is 10.1 Å². The van der Waals surface area contributed by atoms with Gasteiger partial charge < -0.3 is 5.11 Å².